The summed E-state index contributed by atoms with van der Waals surface area (Å²) >= 11 is 0. The molecule has 0 amide bonds. The van der Waals surface area contributed by atoms with Gasteiger partial charge in [-0.2, -0.15) is 5.10 Å². The van der Waals surface area contributed by atoms with Crippen molar-refractivity contribution < 1.29 is 0 Å². The molecule has 2 saturated carbocycles. The van der Waals surface area contributed by atoms with Gasteiger partial charge in [0.1, 0.15) is 5.82 Å². The minimum Gasteiger partial charge on any atom is -0.382 e. The molecule has 64 valence electrons. The SMILES string of the molecule is Cc1c(N)n[nH]c1C1CC12CC2. The van der Waals surface area contributed by atoms with E-state index in [1.807, 2.05) is 0 Å². The van der Waals surface area contributed by atoms with E-state index in [2.05, 4.69) is 17.1 Å². The number of nitrogens with two attached hydrogens (primary N) is 1. The molecule has 1 spiro atoms. The molecule has 0 aliphatic heterocycles. The second-order valence-electron chi connectivity index (χ2n) is 4.27. The average Bonchev–Trinajstić information content (AvgIpc) is 2.93. The number of aromatic amines is 1. The van der Waals surface area contributed by atoms with Gasteiger partial charge in [-0.15, -0.1) is 0 Å². The topological polar surface area (TPSA) is 54.7 Å². The van der Waals surface area contributed by atoms with Gasteiger partial charge in [-0.05, 0) is 31.6 Å². The van der Waals surface area contributed by atoms with Crippen LogP contribution in [-0.2, 0) is 0 Å². The molecule has 2 aliphatic carbocycles. The van der Waals surface area contributed by atoms with Gasteiger partial charge in [0.25, 0.3) is 0 Å². The minimum atomic E-state index is 0.674. The quantitative estimate of drug-likeness (QED) is 0.660. The van der Waals surface area contributed by atoms with E-state index in [4.69, 9.17) is 5.73 Å². The van der Waals surface area contributed by atoms with Gasteiger partial charge in [-0.25, -0.2) is 0 Å². The van der Waals surface area contributed by atoms with Gasteiger partial charge in [-0.3, -0.25) is 5.10 Å². The highest BCUT2D eigenvalue weighted by Gasteiger charge is 2.64. The van der Waals surface area contributed by atoms with E-state index in [1.54, 1.807) is 0 Å². The third-order valence-electron chi connectivity index (χ3n) is 3.52. The van der Waals surface area contributed by atoms with Crippen LogP contribution in [-0.4, -0.2) is 10.2 Å². The molecular weight excluding hydrogens is 150 g/mol. The van der Waals surface area contributed by atoms with Crippen LogP contribution < -0.4 is 5.73 Å². The summed E-state index contributed by atoms with van der Waals surface area (Å²) in [6.07, 6.45) is 4.18. The Hall–Kier alpha value is -0.990. The Bertz CT molecular complexity index is 336. The molecule has 3 heteroatoms. The monoisotopic (exact) mass is 163 g/mol. The lowest BCUT2D eigenvalue weighted by Gasteiger charge is -1.94. The Balaban J connectivity index is 1.97. The first-order valence-corrected chi connectivity index (χ1v) is 4.53. The minimum absolute atomic E-state index is 0.674. The Kier molecular flexibility index (Phi) is 0.911. The molecule has 1 aromatic heterocycles. The lowest BCUT2D eigenvalue weighted by molar-refractivity contribution is 0.810. The molecule has 1 heterocycles. The Morgan fingerprint density at radius 2 is 2.33 bits per heavy atom. The number of hydrogen-bond acceptors (Lipinski definition) is 2. The van der Waals surface area contributed by atoms with E-state index >= 15 is 0 Å². The van der Waals surface area contributed by atoms with Gasteiger partial charge in [-0.1, -0.05) is 0 Å². The van der Waals surface area contributed by atoms with E-state index in [0.717, 1.165) is 5.92 Å². The first-order valence-electron chi connectivity index (χ1n) is 4.53. The third-order valence-corrected chi connectivity index (χ3v) is 3.52. The maximum Gasteiger partial charge on any atom is 0.148 e. The van der Waals surface area contributed by atoms with Crippen LogP contribution in [0.1, 0.15) is 36.4 Å². The molecule has 3 N–H and O–H groups in total. The van der Waals surface area contributed by atoms with Crippen molar-refractivity contribution in [3.63, 3.8) is 0 Å². The van der Waals surface area contributed by atoms with Gasteiger partial charge in [0.05, 0.1) is 0 Å². The van der Waals surface area contributed by atoms with E-state index in [0.29, 0.717) is 11.2 Å². The fourth-order valence-electron chi connectivity index (χ4n) is 2.23. The molecular formula is C9H13N3. The lowest BCUT2D eigenvalue weighted by atomic mass is 10.1. The molecule has 3 nitrogen and oxygen atoms in total. The third kappa shape index (κ3) is 0.642. The number of nitrogens with one attached hydrogen (secondary N) is 1. The summed E-state index contributed by atoms with van der Waals surface area (Å²) in [6.45, 7) is 2.06. The summed E-state index contributed by atoms with van der Waals surface area (Å²) in [5.41, 5.74) is 8.84. The summed E-state index contributed by atoms with van der Waals surface area (Å²) in [4.78, 5) is 0. The molecule has 12 heavy (non-hydrogen) atoms. The summed E-state index contributed by atoms with van der Waals surface area (Å²) < 4.78 is 0. The van der Waals surface area contributed by atoms with Crippen molar-refractivity contribution in [1.82, 2.24) is 10.2 Å². The van der Waals surface area contributed by atoms with E-state index < -0.39 is 0 Å². The number of rotatable bonds is 1. The molecule has 3 rings (SSSR count). The largest absolute Gasteiger partial charge is 0.382 e. The maximum absolute atomic E-state index is 5.67. The number of aromatic nitrogens is 2. The van der Waals surface area contributed by atoms with E-state index in [-0.39, 0.29) is 0 Å². The molecule has 0 saturated heterocycles. The van der Waals surface area contributed by atoms with Gasteiger partial charge in [0.15, 0.2) is 0 Å². The normalized spacial score (nSPS) is 29.2. The van der Waals surface area contributed by atoms with E-state index in [9.17, 15) is 0 Å². The Morgan fingerprint density at radius 1 is 1.58 bits per heavy atom. The van der Waals surface area contributed by atoms with Gasteiger partial charge >= 0.3 is 0 Å². The second-order valence-corrected chi connectivity index (χ2v) is 4.27. The highest BCUT2D eigenvalue weighted by atomic mass is 15.2. The highest BCUT2D eigenvalue weighted by molar-refractivity contribution is 5.45. The predicted molar refractivity (Wildman–Crippen MR) is 46.8 cm³/mol. The number of hydrogen-bond donors (Lipinski definition) is 2. The van der Waals surface area contributed by atoms with Crippen molar-refractivity contribution in [2.75, 3.05) is 5.73 Å². The van der Waals surface area contributed by atoms with Crippen LogP contribution in [0.15, 0.2) is 0 Å². The standard InChI is InChI=1S/C9H13N3/c1-5-7(11-12-8(5)10)6-4-9(6)2-3-9/h6H,2-4H2,1H3,(H3,10,11,12). The van der Waals surface area contributed by atoms with Crippen molar-refractivity contribution in [1.29, 1.82) is 0 Å². The summed E-state index contributed by atoms with van der Waals surface area (Å²) in [7, 11) is 0. The maximum atomic E-state index is 5.67. The van der Waals surface area contributed by atoms with Crippen LogP contribution in [0.4, 0.5) is 5.82 Å². The number of nitrogens with zero attached hydrogens (tertiary/aromatic N) is 1. The van der Waals surface area contributed by atoms with Crippen LogP contribution in [0.3, 0.4) is 0 Å². The number of H-pyrrole nitrogens is 1. The summed E-state index contributed by atoms with van der Waals surface area (Å²) in [6, 6.07) is 0. The molecule has 2 aliphatic rings. The average molecular weight is 163 g/mol. The van der Waals surface area contributed by atoms with Gasteiger partial charge in [0, 0.05) is 17.2 Å². The summed E-state index contributed by atoms with van der Waals surface area (Å²) in [5, 5.41) is 7.08. The van der Waals surface area contributed by atoms with Crippen LogP contribution in [0.5, 0.6) is 0 Å². The van der Waals surface area contributed by atoms with Crippen LogP contribution in [0, 0.1) is 12.3 Å². The Morgan fingerprint density at radius 3 is 2.75 bits per heavy atom. The molecule has 1 atom stereocenters. The first kappa shape index (κ1) is 6.52. The van der Waals surface area contributed by atoms with Crippen LogP contribution in [0.25, 0.3) is 0 Å². The predicted octanol–water partition coefficient (Wildman–Crippen LogP) is 1.57. The molecule has 1 aromatic rings. The molecule has 0 bridgehead atoms. The van der Waals surface area contributed by atoms with Crippen molar-refractivity contribution in [2.45, 2.75) is 32.1 Å². The van der Waals surface area contributed by atoms with E-state index in [1.165, 1.54) is 30.5 Å². The number of anilines is 1. The number of nitrogen functional groups attached to an aromatic ring is 1. The highest BCUT2D eigenvalue weighted by Crippen LogP contribution is 2.75. The fourth-order valence-corrected chi connectivity index (χ4v) is 2.23. The first-order chi connectivity index (χ1) is 5.73. The van der Waals surface area contributed by atoms with Gasteiger partial charge in [0.2, 0.25) is 0 Å². The smallest absolute Gasteiger partial charge is 0.148 e. The lowest BCUT2D eigenvalue weighted by Crippen LogP contribution is -1.88. The molecule has 1 unspecified atom stereocenters. The second kappa shape index (κ2) is 1.68. The van der Waals surface area contributed by atoms with Gasteiger partial charge < -0.3 is 5.73 Å². The van der Waals surface area contributed by atoms with Crippen molar-refractivity contribution in [3.8, 4) is 0 Å². The summed E-state index contributed by atoms with van der Waals surface area (Å²) in [5.74, 6) is 1.43. The molecule has 0 radical (unpaired) electrons. The fraction of sp³-hybridized carbons (Fsp3) is 0.667. The zero-order valence-corrected chi connectivity index (χ0v) is 7.22. The van der Waals surface area contributed by atoms with Crippen molar-refractivity contribution in [2.24, 2.45) is 5.41 Å². The zero-order valence-electron chi connectivity index (χ0n) is 7.22. The molecule has 0 aromatic carbocycles. The van der Waals surface area contributed by atoms with Crippen molar-refractivity contribution >= 4 is 5.82 Å². The zero-order chi connectivity index (χ0) is 8.34. The van der Waals surface area contributed by atoms with Crippen LogP contribution in [0.2, 0.25) is 0 Å². The van der Waals surface area contributed by atoms with Crippen molar-refractivity contribution in [3.05, 3.63) is 11.3 Å². The van der Waals surface area contributed by atoms with Crippen LogP contribution >= 0.6 is 0 Å². The molecule has 2 fully saturated rings. The Labute approximate surface area is 71.3 Å².